The number of rotatable bonds is 9. The van der Waals surface area contributed by atoms with E-state index in [4.69, 9.17) is 4.42 Å². The van der Waals surface area contributed by atoms with Gasteiger partial charge in [0, 0.05) is 32.9 Å². The molecule has 0 saturated heterocycles. The van der Waals surface area contributed by atoms with Gasteiger partial charge < -0.3 is 9.32 Å². The lowest BCUT2D eigenvalue weighted by Crippen LogP contribution is -2.29. The molecule has 1 heterocycles. The van der Waals surface area contributed by atoms with Gasteiger partial charge in [0.25, 0.3) is 0 Å². The summed E-state index contributed by atoms with van der Waals surface area (Å²) < 4.78 is 7.09. The molecule has 0 saturated carbocycles. The monoisotopic (exact) mass is 1020 g/mol. The molecular formula is C78H51NO. The van der Waals surface area contributed by atoms with Gasteiger partial charge in [-0.15, -0.1) is 0 Å². The van der Waals surface area contributed by atoms with E-state index in [9.17, 15) is 0 Å². The van der Waals surface area contributed by atoms with E-state index in [2.05, 4.69) is 314 Å². The van der Waals surface area contributed by atoms with Crippen molar-refractivity contribution in [3.8, 4) is 44.5 Å². The second-order valence-electron chi connectivity index (χ2n) is 21.4. The molecule has 0 bridgehead atoms. The lowest BCUT2D eigenvalue weighted by atomic mass is 9.67. The van der Waals surface area contributed by atoms with Crippen molar-refractivity contribution in [3.63, 3.8) is 0 Å². The highest BCUT2D eigenvalue weighted by molar-refractivity contribution is 6.22. The molecule has 2 heteroatoms. The molecule has 0 spiro atoms. The van der Waals surface area contributed by atoms with Gasteiger partial charge in [-0.3, -0.25) is 0 Å². The van der Waals surface area contributed by atoms with Crippen LogP contribution in [0.1, 0.15) is 44.5 Å². The summed E-state index contributed by atoms with van der Waals surface area (Å²) >= 11 is 0. The van der Waals surface area contributed by atoms with Crippen molar-refractivity contribution in [1.82, 2.24) is 0 Å². The predicted octanol–water partition coefficient (Wildman–Crippen LogP) is 20.3. The molecule has 14 aromatic rings. The van der Waals surface area contributed by atoms with Crippen molar-refractivity contribution in [3.05, 3.63) is 354 Å². The van der Waals surface area contributed by atoms with E-state index in [1.807, 2.05) is 0 Å². The Bertz CT molecular complexity index is 4420. The molecular weight excluding hydrogens is 967 g/mol. The summed E-state index contributed by atoms with van der Waals surface area (Å²) in [5, 5.41) is 4.30. The zero-order valence-corrected chi connectivity index (χ0v) is 43.8. The van der Waals surface area contributed by atoms with Crippen LogP contribution in [0.4, 0.5) is 17.1 Å². The number of benzene rings is 13. The normalized spacial score (nSPS) is 13.4. The van der Waals surface area contributed by atoms with Gasteiger partial charge in [-0.1, -0.05) is 273 Å². The Kier molecular flexibility index (Phi) is 10.4. The number of hydrogen-bond donors (Lipinski definition) is 0. The first-order valence-electron chi connectivity index (χ1n) is 27.7. The lowest BCUT2D eigenvalue weighted by Gasteiger charge is -2.36. The van der Waals surface area contributed by atoms with Crippen LogP contribution in [0.2, 0.25) is 0 Å². The lowest BCUT2D eigenvalue weighted by molar-refractivity contribution is 0.673. The zero-order chi connectivity index (χ0) is 52.8. The third kappa shape index (κ3) is 6.66. The average Bonchev–Trinajstić information content (AvgIpc) is 4.38. The van der Waals surface area contributed by atoms with Gasteiger partial charge in [0.05, 0.1) is 16.5 Å². The number of anilines is 3. The maximum Gasteiger partial charge on any atom is 0.143 e. The first-order chi connectivity index (χ1) is 39.7. The van der Waals surface area contributed by atoms with Gasteiger partial charge in [-0.2, -0.15) is 0 Å². The molecule has 0 fully saturated rings. The highest BCUT2D eigenvalue weighted by Crippen LogP contribution is 2.60. The SMILES string of the molecule is c1ccc(-c2ccc(-c3cccc4oc5c6ccccc6c(N(c6ccc7c(c6)C(c6ccccc6)(c6ccccc6)c6ccccc6-7)c6ccc7c(c6)C(c6ccccc6)(c6ccccc6)c6ccccc6-7)cc5c34)cc2)cc1. The standard InChI is InChI=1S/C78H51NO/c1-6-23-52(24-7-1)53-41-43-54(44-42-53)61-37-22-40-74-75(61)68-51-73(66-35-16-17-36-67(66)76(68)80-74)79(59-45-47-64-62-33-18-20-38-69(62)77(71(64)49-59,55-25-8-2-9-26-55)56-27-10-3-11-28-56)60-46-48-65-63-34-19-21-39-70(63)78(72(65)50-60,57-29-12-4-13-30-57)58-31-14-5-15-32-58/h1-51H. The summed E-state index contributed by atoms with van der Waals surface area (Å²) in [5.41, 5.74) is 23.3. The van der Waals surface area contributed by atoms with Crippen LogP contribution in [0, 0.1) is 0 Å². The van der Waals surface area contributed by atoms with Gasteiger partial charge in [-0.25, -0.2) is 0 Å². The molecule has 2 aliphatic carbocycles. The van der Waals surface area contributed by atoms with E-state index in [-0.39, 0.29) is 0 Å². The van der Waals surface area contributed by atoms with Crippen molar-refractivity contribution >= 4 is 49.8 Å². The summed E-state index contributed by atoms with van der Waals surface area (Å²) in [6.07, 6.45) is 0. The summed E-state index contributed by atoms with van der Waals surface area (Å²) in [6, 6.07) is 114. The number of nitrogens with zero attached hydrogens (tertiary/aromatic N) is 1. The first kappa shape index (κ1) is 45.9. The molecule has 0 unspecified atom stereocenters. The third-order valence-electron chi connectivity index (χ3n) is 17.4. The van der Waals surface area contributed by atoms with Gasteiger partial charge in [0.2, 0.25) is 0 Å². The van der Waals surface area contributed by atoms with E-state index in [1.165, 1.54) is 77.9 Å². The summed E-state index contributed by atoms with van der Waals surface area (Å²) in [7, 11) is 0. The quantitative estimate of drug-likeness (QED) is 0.143. The van der Waals surface area contributed by atoms with E-state index >= 15 is 0 Å². The minimum atomic E-state index is -0.608. The Morgan fingerprint density at radius 3 is 1.18 bits per heavy atom. The van der Waals surface area contributed by atoms with Gasteiger partial charge in [-0.05, 0) is 125 Å². The van der Waals surface area contributed by atoms with Crippen LogP contribution >= 0.6 is 0 Å². The zero-order valence-electron chi connectivity index (χ0n) is 43.8. The third-order valence-corrected chi connectivity index (χ3v) is 17.4. The topological polar surface area (TPSA) is 16.4 Å². The van der Waals surface area contributed by atoms with Crippen molar-refractivity contribution in [1.29, 1.82) is 0 Å². The number of furan rings is 1. The van der Waals surface area contributed by atoms with Crippen LogP contribution in [0.25, 0.3) is 77.2 Å². The fourth-order valence-electron chi connectivity index (χ4n) is 14.1. The Hall–Kier alpha value is -10.3. The maximum atomic E-state index is 7.09. The number of fused-ring (bicyclic) bond motifs is 11. The molecule has 0 N–H and O–H groups in total. The number of hydrogen-bond acceptors (Lipinski definition) is 2. The molecule has 2 aliphatic rings. The second kappa shape index (κ2) is 18.2. The molecule has 0 radical (unpaired) electrons. The highest BCUT2D eigenvalue weighted by Gasteiger charge is 2.48. The Labute approximate surface area is 465 Å². The van der Waals surface area contributed by atoms with Crippen LogP contribution in [-0.4, -0.2) is 0 Å². The molecule has 1 aromatic heterocycles. The van der Waals surface area contributed by atoms with Crippen LogP contribution in [0.15, 0.2) is 314 Å². The predicted molar refractivity (Wildman–Crippen MR) is 331 cm³/mol. The van der Waals surface area contributed by atoms with Crippen molar-refractivity contribution in [2.45, 2.75) is 10.8 Å². The fourth-order valence-corrected chi connectivity index (χ4v) is 14.1. The molecule has 13 aromatic carbocycles. The van der Waals surface area contributed by atoms with Crippen LogP contribution in [0.5, 0.6) is 0 Å². The summed E-state index contributed by atoms with van der Waals surface area (Å²) in [6.45, 7) is 0. The molecule has 0 amide bonds. The average molecular weight is 1020 g/mol. The molecule has 0 aliphatic heterocycles. The first-order valence-corrected chi connectivity index (χ1v) is 27.7. The largest absolute Gasteiger partial charge is 0.455 e. The molecule has 16 rings (SSSR count). The molecule has 374 valence electrons. The van der Waals surface area contributed by atoms with E-state index in [0.29, 0.717) is 0 Å². The Morgan fingerprint density at radius 1 is 0.263 bits per heavy atom. The summed E-state index contributed by atoms with van der Waals surface area (Å²) in [4.78, 5) is 2.55. The van der Waals surface area contributed by atoms with Crippen LogP contribution in [0.3, 0.4) is 0 Å². The van der Waals surface area contributed by atoms with Gasteiger partial charge >= 0.3 is 0 Å². The maximum absolute atomic E-state index is 7.09. The van der Waals surface area contributed by atoms with Crippen molar-refractivity contribution in [2.24, 2.45) is 0 Å². The van der Waals surface area contributed by atoms with Gasteiger partial charge in [0.1, 0.15) is 11.2 Å². The van der Waals surface area contributed by atoms with Crippen molar-refractivity contribution < 1.29 is 4.42 Å². The molecule has 0 atom stereocenters. The minimum Gasteiger partial charge on any atom is -0.455 e. The molecule has 80 heavy (non-hydrogen) atoms. The van der Waals surface area contributed by atoms with Gasteiger partial charge in [0.15, 0.2) is 0 Å². The summed E-state index contributed by atoms with van der Waals surface area (Å²) in [5.74, 6) is 0. The Balaban J connectivity index is 1.00. The van der Waals surface area contributed by atoms with Crippen molar-refractivity contribution in [2.75, 3.05) is 4.90 Å². The Morgan fingerprint density at radius 2 is 0.662 bits per heavy atom. The van der Waals surface area contributed by atoms with E-state index in [1.54, 1.807) is 0 Å². The van der Waals surface area contributed by atoms with E-state index < -0.39 is 10.8 Å². The van der Waals surface area contributed by atoms with E-state index in [0.717, 1.165) is 60.9 Å². The smallest absolute Gasteiger partial charge is 0.143 e. The molecule has 2 nitrogen and oxygen atoms in total. The van der Waals surface area contributed by atoms with Crippen LogP contribution in [-0.2, 0) is 10.8 Å². The van der Waals surface area contributed by atoms with Crippen LogP contribution < -0.4 is 4.90 Å². The highest BCUT2D eigenvalue weighted by atomic mass is 16.3. The minimum absolute atomic E-state index is 0.608. The fraction of sp³-hybridized carbons (Fsp3) is 0.0256. The second-order valence-corrected chi connectivity index (χ2v) is 21.4.